The van der Waals surface area contributed by atoms with E-state index in [2.05, 4.69) is 27.5 Å². The lowest BCUT2D eigenvalue weighted by molar-refractivity contribution is -0.137. The van der Waals surface area contributed by atoms with Gasteiger partial charge in [0.05, 0.1) is 16.9 Å². The van der Waals surface area contributed by atoms with Gasteiger partial charge in [-0.25, -0.2) is 0 Å². The van der Waals surface area contributed by atoms with Gasteiger partial charge in [0.1, 0.15) is 11.4 Å². The molecule has 1 aromatic carbocycles. The van der Waals surface area contributed by atoms with Gasteiger partial charge in [0.2, 0.25) is 0 Å². The molecule has 0 radical (unpaired) electrons. The summed E-state index contributed by atoms with van der Waals surface area (Å²) < 4.78 is 38.8. The van der Waals surface area contributed by atoms with E-state index in [4.69, 9.17) is 0 Å². The van der Waals surface area contributed by atoms with Gasteiger partial charge >= 0.3 is 6.18 Å². The number of aromatic nitrogens is 2. The molecule has 2 aliphatic heterocycles. The van der Waals surface area contributed by atoms with Crippen LogP contribution in [0.3, 0.4) is 0 Å². The Labute approximate surface area is 167 Å². The summed E-state index contributed by atoms with van der Waals surface area (Å²) in [4.78, 5) is 2.33. The Hall–Kier alpha value is -2.35. The number of fused-ring (bicyclic) bond motifs is 1. The second kappa shape index (κ2) is 7.82. The van der Waals surface area contributed by atoms with Crippen molar-refractivity contribution in [3.63, 3.8) is 0 Å². The molecule has 0 saturated carbocycles. The number of nitrogens with one attached hydrogen (secondary N) is 1. The second-order valence-corrected chi connectivity index (χ2v) is 8.08. The summed E-state index contributed by atoms with van der Waals surface area (Å²) in [7, 11) is 2.13. The number of likely N-dealkylation sites (tertiary alicyclic amines) is 1. The van der Waals surface area contributed by atoms with E-state index in [0.717, 1.165) is 74.4 Å². The molecule has 4 rings (SSSR count). The van der Waals surface area contributed by atoms with Crippen LogP contribution in [0, 0.1) is 5.92 Å². The Morgan fingerprint density at radius 1 is 1.24 bits per heavy atom. The summed E-state index contributed by atoms with van der Waals surface area (Å²) in [6, 6.07) is 3.02. The number of hydrogen-bond acceptors (Lipinski definition) is 5. The minimum absolute atomic E-state index is 0.286. The summed E-state index contributed by atoms with van der Waals surface area (Å²) in [6.07, 6.45) is 0.305. The maximum Gasteiger partial charge on any atom is 0.416 e. The number of anilines is 1. The molecule has 2 aromatic rings. The molecule has 0 unspecified atom stereocenters. The number of alkyl halides is 3. The monoisotopic (exact) mass is 406 g/mol. The summed E-state index contributed by atoms with van der Waals surface area (Å²) >= 11 is 0. The second-order valence-electron chi connectivity index (χ2n) is 8.08. The zero-order valence-corrected chi connectivity index (χ0v) is 16.4. The van der Waals surface area contributed by atoms with Crippen LogP contribution in [-0.4, -0.2) is 46.9 Å². The van der Waals surface area contributed by atoms with Crippen molar-refractivity contribution < 1.29 is 18.3 Å². The maximum absolute atomic E-state index is 12.9. The fourth-order valence-corrected chi connectivity index (χ4v) is 4.42. The molecule has 2 aliphatic rings. The van der Waals surface area contributed by atoms with Crippen molar-refractivity contribution in [1.29, 1.82) is 0 Å². The van der Waals surface area contributed by atoms with Crippen LogP contribution in [0.2, 0.25) is 0 Å². The third-order valence-corrected chi connectivity index (χ3v) is 5.84. The first-order valence-electron chi connectivity index (χ1n) is 10.0. The Morgan fingerprint density at radius 2 is 2.07 bits per heavy atom. The minimum Gasteiger partial charge on any atom is -0.507 e. The lowest BCUT2D eigenvalue weighted by atomic mass is 9.90. The minimum atomic E-state index is -4.50. The molecule has 0 spiro atoms. The molecule has 8 heteroatoms. The van der Waals surface area contributed by atoms with Crippen molar-refractivity contribution >= 4 is 5.69 Å². The van der Waals surface area contributed by atoms with E-state index in [1.54, 1.807) is 0 Å². The van der Waals surface area contributed by atoms with Crippen LogP contribution in [0.15, 0.2) is 18.2 Å². The zero-order chi connectivity index (χ0) is 20.6. The van der Waals surface area contributed by atoms with Crippen molar-refractivity contribution in [2.24, 2.45) is 5.92 Å². The van der Waals surface area contributed by atoms with Crippen molar-refractivity contribution in [2.45, 2.75) is 38.3 Å². The average Bonchev–Trinajstić information content (AvgIpc) is 2.68. The summed E-state index contributed by atoms with van der Waals surface area (Å²) in [5.41, 5.74) is 2.65. The van der Waals surface area contributed by atoms with Crippen LogP contribution < -0.4 is 5.32 Å². The fraction of sp³-hybridized carbons (Fsp3) is 0.524. The number of halogens is 3. The number of phenols is 1. The predicted molar refractivity (Wildman–Crippen MR) is 105 cm³/mol. The number of rotatable bonds is 3. The standard InChI is InChI=1S/C21H25F3N4O/c1-28-9-3-4-13(12-28)10-17-20-16(5-2-8-25-20)19(27-26-17)15-7-6-14(11-18(15)29)21(22,23)24/h6-7,11,13,25,29H,2-5,8-10,12H2,1H3/t13-/m1/s1. The lowest BCUT2D eigenvalue weighted by Crippen LogP contribution is -2.33. The molecule has 0 aliphatic carbocycles. The molecule has 1 aromatic heterocycles. The molecule has 0 bridgehead atoms. The molecule has 3 heterocycles. The van der Waals surface area contributed by atoms with Crippen molar-refractivity contribution in [3.8, 4) is 17.0 Å². The topological polar surface area (TPSA) is 61.3 Å². The first-order valence-corrected chi connectivity index (χ1v) is 10.0. The molecular weight excluding hydrogens is 381 g/mol. The molecular formula is C21H25F3N4O. The summed E-state index contributed by atoms with van der Waals surface area (Å²) in [5, 5.41) is 22.5. The van der Waals surface area contributed by atoms with Crippen LogP contribution >= 0.6 is 0 Å². The Bertz CT molecular complexity index is 900. The van der Waals surface area contributed by atoms with E-state index >= 15 is 0 Å². The zero-order valence-electron chi connectivity index (χ0n) is 16.4. The molecule has 2 N–H and O–H groups in total. The Balaban J connectivity index is 1.69. The third-order valence-electron chi connectivity index (χ3n) is 5.84. The number of piperidine rings is 1. The highest BCUT2D eigenvalue weighted by Crippen LogP contribution is 2.40. The molecule has 156 valence electrons. The molecule has 0 amide bonds. The van der Waals surface area contributed by atoms with Gasteiger partial charge in [-0.05, 0) is 69.8 Å². The van der Waals surface area contributed by atoms with Crippen molar-refractivity contribution in [2.75, 3.05) is 32.0 Å². The largest absolute Gasteiger partial charge is 0.507 e. The van der Waals surface area contributed by atoms with Crippen molar-refractivity contribution in [1.82, 2.24) is 15.1 Å². The summed E-state index contributed by atoms with van der Waals surface area (Å²) in [5.74, 6) is 0.0877. The number of hydrogen-bond donors (Lipinski definition) is 2. The van der Waals surface area contributed by atoms with Gasteiger partial charge in [-0.2, -0.15) is 18.3 Å². The molecule has 1 atom stereocenters. The SMILES string of the molecule is CN1CCC[C@H](Cc2nnc(-c3ccc(C(F)(F)F)cc3O)c3c2NCCC3)C1. The van der Waals surface area contributed by atoms with Gasteiger partial charge in [-0.3, -0.25) is 0 Å². The summed E-state index contributed by atoms with van der Waals surface area (Å²) in [6.45, 7) is 2.97. The van der Waals surface area contributed by atoms with Gasteiger partial charge in [0, 0.05) is 24.2 Å². The first kappa shape index (κ1) is 19.9. The van der Waals surface area contributed by atoms with E-state index < -0.39 is 17.5 Å². The predicted octanol–water partition coefficient (Wildman–Crippen LogP) is 4.11. The Kier molecular flexibility index (Phi) is 5.38. The third kappa shape index (κ3) is 4.17. The van der Waals surface area contributed by atoms with Gasteiger partial charge in [0.25, 0.3) is 0 Å². The van der Waals surface area contributed by atoms with Crippen LogP contribution in [-0.2, 0) is 19.0 Å². The average molecular weight is 406 g/mol. The lowest BCUT2D eigenvalue weighted by Gasteiger charge is -2.30. The first-order chi connectivity index (χ1) is 13.8. The quantitative estimate of drug-likeness (QED) is 0.803. The van der Waals surface area contributed by atoms with Gasteiger partial charge in [-0.15, -0.1) is 5.10 Å². The van der Waals surface area contributed by atoms with E-state index in [-0.39, 0.29) is 5.56 Å². The van der Waals surface area contributed by atoms with Crippen LogP contribution in [0.1, 0.15) is 36.1 Å². The van der Waals surface area contributed by atoms with Crippen LogP contribution in [0.25, 0.3) is 11.3 Å². The van der Waals surface area contributed by atoms with Gasteiger partial charge < -0.3 is 15.3 Å². The van der Waals surface area contributed by atoms with Crippen LogP contribution in [0.5, 0.6) is 5.75 Å². The number of aromatic hydroxyl groups is 1. The molecule has 1 saturated heterocycles. The van der Waals surface area contributed by atoms with E-state index in [1.807, 2.05) is 0 Å². The number of nitrogens with zero attached hydrogens (tertiary/aromatic N) is 3. The fourth-order valence-electron chi connectivity index (χ4n) is 4.42. The number of benzene rings is 1. The highest BCUT2D eigenvalue weighted by atomic mass is 19.4. The van der Waals surface area contributed by atoms with Crippen LogP contribution in [0.4, 0.5) is 18.9 Å². The highest BCUT2D eigenvalue weighted by Gasteiger charge is 2.32. The molecule has 5 nitrogen and oxygen atoms in total. The number of phenolic OH excluding ortho intramolecular Hbond substituents is 1. The Morgan fingerprint density at radius 3 is 2.79 bits per heavy atom. The van der Waals surface area contributed by atoms with Gasteiger partial charge in [-0.1, -0.05) is 0 Å². The molecule has 29 heavy (non-hydrogen) atoms. The van der Waals surface area contributed by atoms with E-state index in [9.17, 15) is 18.3 Å². The van der Waals surface area contributed by atoms with E-state index in [0.29, 0.717) is 11.6 Å². The van der Waals surface area contributed by atoms with E-state index in [1.165, 1.54) is 12.5 Å². The normalized spacial score (nSPS) is 20.2. The van der Waals surface area contributed by atoms with Gasteiger partial charge in [0.15, 0.2) is 0 Å². The highest BCUT2D eigenvalue weighted by molar-refractivity contribution is 5.76. The smallest absolute Gasteiger partial charge is 0.416 e. The molecule has 1 fully saturated rings. The van der Waals surface area contributed by atoms with Crippen molar-refractivity contribution in [3.05, 3.63) is 35.0 Å². The maximum atomic E-state index is 12.9.